The Kier molecular flexibility index (Phi) is 3.94. The third-order valence-electron chi connectivity index (χ3n) is 2.89. The smallest absolute Gasteiger partial charge is 0.222 e. The van der Waals surface area contributed by atoms with Gasteiger partial charge in [-0.3, -0.25) is 0 Å². The monoisotopic (exact) mass is 269 g/mol. The van der Waals surface area contributed by atoms with Gasteiger partial charge in [0.2, 0.25) is 5.95 Å². The second-order valence-electron chi connectivity index (χ2n) is 4.11. The number of aromatic nitrogens is 2. The van der Waals surface area contributed by atoms with Crippen molar-refractivity contribution < 1.29 is 0 Å². The number of halogens is 1. The average molecular weight is 270 g/mol. The van der Waals surface area contributed by atoms with Gasteiger partial charge in [0, 0.05) is 18.9 Å². The molecule has 0 amide bonds. The van der Waals surface area contributed by atoms with Crippen LogP contribution in [0.3, 0.4) is 0 Å². The predicted octanol–water partition coefficient (Wildman–Crippen LogP) is 3.23. The van der Waals surface area contributed by atoms with Crippen LogP contribution in [0.1, 0.15) is 32.1 Å². The van der Waals surface area contributed by atoms with E-state index in [1.807, 2.05) is 0 Å². The molecule has 1 aromatic heterocycles. The zero-order valence-electron chi connectivity index (χ0n) is 8.75. The minimum atomic E-state index is 0.740. The van der Waals surface area contributed by atoms with Crippen LogP contribution in [0, 0.1) is 5.92 Å². The van der Waals surface area contributed by atoms with Crippen LogP contribution in [0.2, 0.25) is 0 Å². The Morgan fingerprint density at radius 2 is 1.87 bits per heavy atom. The zero-order valence-corrected chi connectivity index (χ0v) is 10.3. The molecule has 1 aliphatic carbocycles. The van der Waals surface area contributed by atoms with Gasteiger partial charge in [-0.1, -0.05) is 19.3 Å². The van der Waals surface area contributed by atoms with Gasteiger partial charge in [0.15, 0.2) is 0 Å². The van der Waals surface area contributed by atoms with E-state index in [0.29, 0.717) is 0 Å². The molecule has 82 valence electrons. The van der Waals surface area contributed by atoms with Crippen LogP contribution in [-0.4, -0.2) is 16.5 Å². The zero-order chi connectivity index (χ0) is 10.5. The van der Waals surface area contributed by atoms with Crippen molar-refractivity contribution in [1.82, 2.24) is 9.97 Å². The fourth-order valence-electron chi connectivity index (χ4n) is 2.03. The van der Waals surface area contributed by atoms with E-state index in [4.69, 9.17) is 0 Å². The SMILES string of the molecule is Brc1cnc(NCC2CCCCC2)nc1. The molecule has 15 heavy (non-hydrogen) atoms. The minimum absolute atomic E-state index is 0.740. The highest BCUT2D eigenvalue weighted by Crippen LogP contribution is 2.23. The van der Waals surface area contributed by atoms with Crippen LogP contribution in [0.25, 0.3) is 0 Å². The Balaban J connectivity index is 1.79. The van der Waals surface area contributed by atoms with E-state index in [0.717, 1.165) is 22.9 Å². The van der Waals surface area contributed by atoms with Crippen LogP contribution < -0.4 is 5.32 Å². The highest BCUT2D eigenvalue weighted by atomic mass is 79.9. The van der Waals surface area contributed by atoms with Crippen LogP contribution in [0.5, 0.6) is 0 Å². The highest BCUT2D eigenvalue weighted by molar-refractivity contribution is 9.10. The molecule has 0 atom stereocenters. The third-order valence-corrected chi connectivity index (χ3v) is 3.30. The number of hydrogen-bond acceptors (Lipinski definition) is 3. The molecule has 3 nitrogen and oxygen atoms in total. The molecule has 0 unspecified atom stereocenters. The second kappa shape index (κ2) is 5.45. The minimum Gasteiger partial charge on any atom is -0.354 e. The predicted molar refractivity (Wildman–Crippen MR) is 64.8 cm³/mol. The maximum atomic E-state index is 4.19. The first-order valence-corrected chi connectivity index (χ1v) is 6.35. The summed E-state index contributed by atoms with van der Waals surface area (Å²) in [6.07, 6.45) is 10.4. The summed E-state index contributed by atoms with van der Waals surface area (Å²) in [4.78, 5) is 8.39. The summed E-state index contributed by atoms with van der Waals surface area (Å²) in [5.74, 6) is 1.55. The van der Waals surface area contributed by atoms with Gasteiger partial charge in [-0.05, 0) is 34.7 Å². The van der Waals surface area contributed by atoms with Crippen molar-refractivity contribution in [3.63, 3.8) is 0 Å². The number of anilines is 1. The van der Waals surface area contributed by atoms with Gasteiger partial charge in [0.05, 0.1) is 4.47 Å². The Morgan fingerprint density at radius 3 is 2.53 bits per heavy atom. The fraction of sp³-hybridized carbons (Fsp3) is 0.636. The summed E-state index contributed by atoms with van der Waals surface area (Å²) < 4.78 is 0.922. The molecule has 1 N–H and O–H groups in total. The van der Waals surface area contributed by atoms with Gasteiger partial charge in [0.25, 0.3) is 0 Å². The van der Waals surface area contributed by atoms with Crippen LogP contribution >= 0.6 is 15.9 Å². The average Bonchev–Trinajstić information content (AvgIpc) is 2.30. The Bertz CT molecular complexity index is 293. The van der Waals surface area contributed by atoms with Crippen LogP contribution in [-0.2, 0) is 0 Å². The number of nitrogens with zero attached hydrogens (tertiary/aromatic N) is 2. The molecular weight excluding hydrogens is 254 g/mol. The molecule has 0 spiro atoms. The van der Waals surface area contributed by atoms with Gasteiger partial charge < -0.3 is 5.32 Å². The van der Waals surface area contributed by atoms with E-state index in [1.165, 1.54) is 32.1 Å². The summed E-state index contributed by atoms with van der Waals surface area (Å²) in [6, 6.07) is 0. The molecule has 0 aromatic carbocycles. The molecular formula is C11H16BrN3. The van der Waals surface area contributed by atoms with Crippen LogP contribution in [0.4, 0.5) is 5.95 Å². The molecule has 0 saturated heterocycles. The van der Waals surface area contributed by atoms with Crippen molar-refractivity contribution in [3.05, 3.63) is 16.9 Å². The normalized spacial score (nSPS) is 17.7. The first-order chi connectivity index (χ1) is 7.34. The molecule has 1 saturated carbocycles. The lowest BCUT2D eigenvalue weighted by molar-refractivity contribution is 0.373. The number of hydrogen-bond donors (Lipinski definition) is 1. The lowest BCUT2D eigenvalue weighted by Crippen LogP contribution is -2.18. The lowest BCUT2D eigenvalue weighted by atomic mass is 9.89. The molecule has 1 fully saturated rings. The number of rotatable bonds is 3. The standard InChI is InChI=1S/C11H16BrN3/c12-10-7-14-11(15-8-10)13-6-9-4-2-1-3-5-9/h7-9H,1-6H2,(H,13,14,15). The Labute approximate surface area is 98.8 Å². The summed E-state index contributed by atoms with van der Waals surface area (Å²) in [6.45, 7) is 1.02. The molecule has 1 aromatic rings. The molecule has 0 bridgehead atoms. The summed E-state index contributed by atoms with van der Waals surface area (Å²) in [7, 11) is 0. The van der Waals surface area contributed by atoms with Gasteiger partial charge in [0.1, 0.15) is 0 Å². The van der Waals surface area contributed by atoms with Gasteiger partial charge in [-0.2, -0.15) is 0 Å². The maximum Gasteiger partial charge on any atom is 0.222 e. The summed E-state index contributed by atoms with van der Waals surface area (Å²) in [5.41, 5.74) is 0. The van der Waals surface area contributed by atoms with Gasteiger partial charge in [-0.15, -0.1) is 0 Å². The molecule has 2 rings (SSSR count). The van der Waals surface area contributed by atoms with E-state index < -0.39 is 0 Å². The molecule has 0 aliphatic heterocycles. The quantitative estimate of drug-likeness (QED) is 0.916. The molecule has 1 heterocycles. The molecule has 0 radical (unpaired) electrons. The maximum absolute atomic E-state index is 4.19. The summed E-state index contributed by atoms with van der Waals surface area (Å²) in [5, 5.41) is 3.30. The highest BCUT2D eigenvalue weighted by Gasteiger charge is 2.13. The molecule has 1 aliphatic rings. The fourth-order valence-corrected chi connectivity index (χ4v) is 2.24. The molecule has 4 heteroatoms. The van der Waals surface area contributed by atoms with Gasteiger partial charge >= 0.3 is 0 Å². The number of nitrogens with one attached hydrogen (secondary N) is 1. The third kappa shape index (κ3) is 3.45. The van der Waals surface area contributed by atoms with Gasteiger partial charge in [-0.25, -0.2) is 9.97 Å². The van der Waals surface area contributed by atoms with E-state index in [-0.39, 0.29) is 0 Å². The lowest BCUT2D eigenvalue weighted by Gasteiger charge is -2.21. The topological polar surface area (TPSA) is 37.8 Å². The van der Waals surface area contributed by atoms with Crippen molar-refractivity contribution >= 4 is 21.9 Å². The first-order valence-electron chi connectivity index (χ1n) is 5.56. The van der Waals surface area contributed by atoms with Crippen molar-refractivity contribution in [2.24, 2.45) is 5.92 Å². The van der Waals surface area contributed by atoms with Crippen molar-refractivity contribution in [2.45, 2.75) is 32.1 Å². The van der Waals surface area contributed by atoms with Crippen molar-refractivity contribution in [3.8, 4) is 0 Å². The van der Waals surface area contributed by atoms with Crippen molar-refractivity contribution in [1.29, 1.82) is 0 Å². The van der Waals surface area contributed by atoms with Crippen LogP contribution in [0.15, 0.2) is 16.9 Å². The van der Waals surface area contributed by atoms with E-state index in [1.54, 1.807) is 12.4 Å². The largest absolute Gasteiger partial charge is 0.354 e. The Hall–Kier alpha value is -0.640. The first kappa shape index (κ1) is 10.9. The Morgan fingerprint density at radius 1 is 1.20 bits per heavy atom. The van der Waals surface area contributed by atoms with E-state index >= 15 is 0 Å². The summed E-state index contributed by atoms with van der Waals surface area (Å²) >= 11 is 3.32. The van der Waals surface area contributed by atoms with E-state index in [2.05, 4.69) is 31.2 Å². The van der Waals surface area contributed by atoms with Crippen molar-refractivity contribution in [2.75, 3.05) is 11.9 Å². The van der Waals surface area contributed by atoms with E-state index in [9.17, 15) is 0 Å². The second-order valence-corrected chi connectivity index (χ2v) is 5.03.